The van der Waals surface area contributed by atoms with Crippen molar-refractivity contribution in [2.45, 2.75) is 26.2 Å². The summed E-state index contributed by atoms with van der Waals surface area (Å²) in [6.07, 6.45) is 0. The molecule has 0 atom stereocenters. The largest absolute Gasteiger partial charge is 0.507 e. The Morgan fingerprint density at radius 1 is 0.476 bits per heavy atom. The van der Waals surface area contributed by atoms with Crippen LogP contribution in [-0.2, 0) is 30.7 Å². The van der Waals surface area contributed by atoms with Crippen molar-refractivity contribution in [3.63, 3.8) is 0 Å². The highest BCUT2D eigenvalue weighted by atomic mass is 29.7. The minimum absolute atomic E-state index is 1.57. The standard InChI is InChI=1S/C10H30O7Si4/c1-11-20(12-2,13-3)19(10,17-18(7,8)9)21(14-4,15-5)16-6/h1-10H3. The van der Waals surface area contributed by atoms with Crippen molar-refractivity contribution in [3.05, 3.63) is 0 Å². The van der Waals surface area contributed by atoms with Gasteiger partial charge in [-0.2, -0.15) is 0 Å². The monoisotopic (exact) mass is 374 g/mol. The molecule has 0 aromatic carbocycles. The Morgan fingerprint density at radius 2 is 0.714 bits per heavy atom. The zero-order chi connectivity index (χ0) is 16.9. The fraction of sp³-hybridized carbons (Fsp3) is 1.00. The molecule has 0 aromatic rings. The summed E-state index contributed by atoms with van der Waals surface area (Å²) in [7, 11) is -1.77. The molecule has 0 radical (unpaired) electrons. The molecule has 0 aliphatic rings. The molecule has 0 aromatic heterocycles. The van der Waals surface area contributed by atoms with Gasteiger partial charge in [0.05, 0.1) is 0 Å². The molecule has 11 heteroatoms. The topological polar surface area (TPSA) is 64.6 Å². The van der Waals surface area contributed by atoms with Crippen molar-refractivity contribution in [2.75, 3.05) is 42.7 Å². The van der Waals surface area contributed by atoms with Crippen LogP contribution in [0.2, 0.25) is 26.2 Å². The van der Waals surface area contributed by atoms with Crippen molar-refractivity contribution in [1.29, 1.82) is 0 Å². The summed E-state index contributed by atoms with van der Waals surface area (Å²) < 4.78 is 40.8. The lowest BCUT2D eigenvalue weighted by Gasteiger charge is -2.47. The maximum Gasteiger partial charge on any atom is 0.507 e. The number of rotatable bonds is 10. The third-order valence-electron chi connectivity index (χ3n) is 3.29. The first kappa shape index (κ1) is 21.6. The smallest absolute Gasteiger partial charge is 0.450 e. The average molecular weight is 375 g/mol. The van der Waals surface area contributed by atoms with Gasteiger partial charge in [-0.15, -0.1) is 0 Å². The normalized spacial score (nSPS) is 14.6. The maximum atomic E-state index is 6.55. The van der Waals surface area contributed by atoms with Gasteiger partial charge in [0.25, 0.3) is 0 Å². The molecule has 0 N–H and O–H groups in total. The average Bonchev–Trinajstić information content (AvgIpc) is 2.41. The Balaban J connectivity index is 6.23. The van der Waals surface area contributed by atoms with Crippen molar-refractivity contribution in [3.8, 4) is 0 Å². The van der Waals surface area contributed by atoms with E-state index in [0.29, 0.717) is 0 Å². The van der Waals surface area contributed by atoms with Crippen LogP contribution in [0, 0.1) is 0 Å². The molecule has 0 spiro atoms. The minimum atomic E-state index is -3.14. The third kappa shape index (κ3) is 3.92. The van der Waals surface area contributed by atoms with Crippen LogP contribution in [0.3, 0.4) is 0 Å². The van der Waals surface area contributed by atoms with Gasteiger partial charge in [0, 0.05) is 42.7 Å². The summed E-state index contributed by atoms with van der Waals surface area (Å²) in [4.78, 5) is 0. The molecule has 0 heterocycles. The van der Waals surface area contributed by atoms with E-state index >= 15 is 0 Å². The highest BCUT2D eigenvalue weighted by Gasteiger charge is 2.78. The molecule has 0 bridgehead atoms. The van der Waals surface area contributed by atoms with E-state index in [9.17, 15) is 0 Å². The lowest BCUT2D eigenvalue weighted by Crippen LogP contribution is -2.84. The molecule has 128 valence electrons. The molecule has 0 aliphatic heterocycles. The molecule has 0 aliphatic carbocycles. The van der Waals surface area contributed by atoms with E-state index in [4.69, 9.17) is 30.7 Å². The third-order valence-corrected chi connectivity index (χ3v) is 31.0. The summed E-state index contributed by atoms with van der Waals surface area (Å²) >= 11 is 0. The van der Waals surface area contributed by atoms with Crippen LogP contribution in [0.25, 0.3) is 0 Å². The van der Waals surface area contributed by atoms with Gasteiger partial charge in [-0.05, 0) is 26.2 Å². The molecule has 7 nitrogen and oxygen atoms in total. The van der Waals surface area contributed by atoms with Crippen LogP contribution in [-0.4, -0.2) is 75.0 Å². The fourth-order valence-corrected chi connectivity index (χ4v) is 37.0. The second kappa shape index (κ2) is 7.92. The van der Waals surface area contributed by atoms with Crippen LogP contribution < -0.4 is 0 Å². The molecule has 0 saturated carbocycles. The molecular formula is C10H30O7Si4. The van der Waals surface area contributed by atoms with Crippen LogP contribution in [0.1, 0.15) is 0 Å². The van der Waals surface area contributed by atoms with E-state index in [0.717, 1.165) is 0 Å². The lowest BCUT2D eigenvalue weighted by molar-refractivity contribution is 0.121. The van der Waals surface area contributed by atoms with Gasteiger partial charge < -0.3 is 30.7 Å². The van der Waals surface area contributed by atoms with Gasteiger partial charge in [-0.25, -0.2) is 0 Å². The van der Waals surface area contributed by atoms with Gasteiger partial charge in [0.1, 0.15) is 0 Å². The quantitative estimate of drug-likeness (QED) is 0.534. The molecule has 0 saturated heterocycles. The highest BCUT2D eigenvalue weighted by molar-refractivity contribution is 7.60. The lowest BCUT2D eigenvalue weighted by atomic mass is 11.8. The Kier molecular flexibility index (Phi) is 8.14. The Morgan fingerprint density at radius 3 is 0.857 bits per heavy atom. The molecule has 0 amide bonds. The summed E-state index contributed by atoms with van der Waals surface area (Å²) in [6, 6.07) is 0. The van der Waals surface area contributed by atoms with Crippen LogP contribution in [0.15, 0.2) is 0 Å². The molecule has 0 rings (SSSR count). The van der Waals surface area contributed by atoms with E-state index in [-0.39, 0.29) is 0 Å². The van der Waals surface area contributed by atoms with Gasteiger partial charge in [-0.1, -0.05) is 0 Å². The Hall–Kier alpha value is 0.588. The maximum absolute atomic E-state index is 6.55. The van der Waals surface area contributed by atoms with E-state index < -0.39 is 32.3 Å². The molecular weight excluding hydrogens is 344 g/mol. The first-order chi connectivity index (χ1) is 9.57. The van der Waals surface area contributed by atoms with Crippen LogP contribution in [0.5, 0.6) is 0 Å². The van der Waals surface area contributed by atoms with Gasteiger partial charge in [0.15, 0.2) is 8.32 Å². The number of hydrogen-bond donors (Lipinski definition) is 0. The summed E-state index contributed by atoms with van der Waals surface area (Å²) in [5.41, 5.74) is 0. The Labute approximate surface area is 132 Å². The first-order valence-corrected chi connectivity index (χ1v) is 17.8. The zero-order valence-electron chi connectivity index (χ0n) is 14.9. The second-order valence-corrected chi connectivity index (χ2v) is 28.3. The van der Waals surface area contributed by atoms with Gasteiger partial charge in [-0.3, -0.25) is 0 Å². The van der Waals surface area contributed by atoms with E-state index in [1.807, 2.05) is 6.55 Å². The van der Waals surface area contributed by atoms with Crippen molar-refractivity contribution in [2.24, 2.45) is 0 Å². The highest BCUT2D eigenvalue weighted by Crippen LogP contribution is 2.35. The SMILES string of the molecule is CO[Si](OC)(OC)[Si](C)(O[Si](C)(C)C)[Si](OC)(OC)OC. The minimum Gasteiger partial charge on any atom is -0.450 e. The van der Waals surface area contributed by atoms with Gasteiger partial charge >= 0.3 is 24.0 Å². The van der Waals surface area contributed by atoms with E-state index in [1.165, 1.54) is 0 Å². The summed E-state index contributed by atoms with van der Waals surface area (Å²) in [5.74, 6) is 0. The molecule has 21 heavy (non-hydrogen) atoms. The van der Waals surface area contributed by atoms with Crippen molar-refractivity contribution >= 4 is 32.3 Å². The van der Waals surface area contributed by atoms with Crippen molar-refractivity contribution in [1.82, 2.24) is 0 Å². The summed E-state index contributed by atoms with van der Waals surface area (Å²) in [6.45, 7) is 8.26. The summed E-state index contributed by atoms with van der Waals surface area (Å²) in [5, 5.41) is 0. The predicted molar refractivity (Wildman–Crippen MR) is 89.6 cm³/mol. The van der Waals surface area contributed by atoms with E-state index in [2.05, 4.69) is 19.6 Å². The van der Waals surface area contributed by atoms with Crippen LogP contribution >= 0.6 is 0 Å². The van der Waals surface area contributed by atoms with Gasteiger partial charge in [0.2, 0.25) is 0 Å². The predicted octanol–water partition coefficient (Wildman–Crippen LogP) is 1.33. The fourth-order valence-electron chi connectivity index (χ4n) is 2.59. The first-order valence-electron chi connectivity index (χ1n) is 6.58. The second-order valence-electron chi connectivity index (χ2n) is 5.58. The van der Waals surface area contributed by atoms with Crippen molar-refractivity contribution < 1.29 is 30.7 Å². The van der Waals surface area contributed by atoms with E-state index in [1.54, 1.807) is 42.7 Å². The Bertz CT molecular complexity index is 278. The molecule has 0 fully saturated rings. The molecule has 0 unspecified atom stereocenters. The number of hydrogen-bond acceptors (Lipinski definition) is 7. The zero-order valence-corrected chi connectivity index (χ0v) is 18.9. The van der Waals surface area contributed by atoms with Crippen LogP contribution in [0.4, 0.5) is 0 Å².